The first-order chi connectivity index (χ1) is 17.2. The summed E-state index contributed by atoms with van der Waals surface area (Å²) in [6.07, 6.45) is 3.75. The van der Waals surface area contributed by atoms with Crippen LogP contribution in [0.5, 0.6) is 5.75 Å². The fourth-order valence-corrected chi connectivity index (χ4v) is 4.68. The average Bonchev–Trinajstić information content (AvgIpc) is 3.46. The molecule has 8 heteroatoms. The van der Waals surface area contributed by atoms with Crippen LogP contribution in [0, 0.1) is 0 Å². The lowest BCUT2D eigenvalue weighted by atomic mass is 10.0. The molecule has 0 bridgehead atoms. The fraction of sp³-hybridized carbons (Fsp3) is 0.321. The number of carbonyl (C=O) groups is 2. The van der Waals surface area contributed by atoms with E-state index in [1.54, 1.807) is 39.0 Å². The van der Waals surface area contributed by atoms with Crippen LogP contribution in [0.4, 0.5) is 4.79 Å². The summed E-state index contributed by atoms with van der Waals surface area (Å²) in [5.41, 5.74) is 2.81. The van der Waals surface area contributed by atoms with Gasteiger partial charge in [-0.25, -0.2) is 14.4 Å². The van der Waals surface area contributed by atoms with Gasteiger partial charge in [0.1, 0.15) is 23.0 Å². The predicted molar refractivity (Wildman–Crippen MR) is 135 cm³/mol. The number of nitrogens with one attached hydrogen (secondary N) is 2. The van der Waals surface area contributed by atoms with Crippen LogP contribution in [-0.2, 0) is 28.8 Å². The van der Waals surface area contributed by atoms with E-state index >= 15 is 0 Å². The number of para-hydroxylation sites is 1. The molecule has 0 saturated heterocycles. The van der Waals surface area contributed by atoms with E-state index in [4.69, 9.17) is 13.9 Å². The monoisotopic (exact) mass is 488 g/mol. The molecular formula is C28H28N2O6. The van der Waals surface area contributed by atoms with Gasteiger partial charge in [0.05, 0.1) is 0 Å². The van der Waals surface area contributed by atoms with Crippen LogP contribution < -0.4 is 15.7 Å². The summed E-state index contributed by atoms with van der Waals surface area (Å²) in [7, 11) is 0. The van der Waals surface area contributed by atoms with Gasteiger partial charge < -0.3 is 24.2 Å². The third kappa shape index (κ3) is 4.84. The van der Waals surface area contributed by atoms with Crippen LogP contribution >= 0.6 is 0 Å². The maximum atomic E-state index is 13.3. The van der Waals surface area contributed by atoms with Gasteiger partial charge in [-0.15, -0.1) is 0 Å². The highest BCUT2D eigenvalue weighted by Gasteiger charge is 2.28. The van der Waals surface area contributed by atoms with Crippen molar-refractivity contribution in [3.63, 3.8) is 0 Å². The number of rotatable bonds is 5. The predicted octanol–water partition coefficient (Wildman–Crippen LogP) is 4.80. The zero-order valence-corrected chi connectivity index (χ0v) is 20.5. The van der Waals surface area contributed by atoms with Crippen LogP contribution in [0.2, 0.25) is 0 Å². The first-order valence-corrected chi connectivity index (χ1v) is 12.0. The summed E-state index contributed by atoms with van der Waals surface area (Å²) < 4.78 is 16.5. The van der Waals surface area contributed by atoms with Gasteiger partial charge in [-0.3, -0.25) is 0 Å². The van der Waals surface area contributed by atoms with E-state index in [0.717, 1.165) is 52.2 Å². The summed E-state index contributed by atoms with van der Waals surface area (Å²) in [6.45, 7) is 5.25. The number of hydrogen-bond donors (Lipinski definition) is 2. The Morgan fingerprint density at radius 1 is 1.08 bits per heavy atom. The molecule has 4 aromatic rings. The number of aryl methyl sites for hydroxylation is 1. The van der Waals surface area contributed by atoms with Crippen molar-refractivity contribution >= 4 is 33.9 Å². The molecule has 0 radical (unpaired) electrons. The van der Waals surface area contributed by atoms with E-state index in [2.05, 4.69) is 10.3 Å². The lowest BCUT2D eigenvalue weighted by Crippen LogP contribution is -2.46. The van der Waals surface area contributed by atoms with E-state index in [-0.39, 0.29) is 17.8 Å². The smallest absolute Gasteiger partial charge is 0.408 e. The number of hydrogen-bond acceptors (Lipinski definition) is 6. The number of aromatic nitrogens is 1. The second-order valence-corrected chi connectivity index (χ2v) is 10.0. The van der Waals surface area contributed by atoms with Crippen LogP contribution in [0.15, 0.2) is 57.9 Å². The van der Waals surface area contributed by atoms with Crippen molar-refractivity contribution in [3.8, 4) is 5.75 Å². The highest BCUT2D eigenvalue weighted by atomic mass is 16.6. The number of fused-ring (bicyclic) bond motifs is 4. The summed E-state index contributed by atoms with van der Waals surface area (Å²) in [5, 5.41) is 4.45. The van der Waals surface area contributed by atoms with Crippen molar-refractivity contribution in [2.75, 3.05) is 0 Å². The Hall–Kier alpha value is -4.07. The van der Waals surface area contributed by atoms with Gasteiger partial charge in [-0.05, 0) is 69.4 Å². The Balaban J connectivity index is 1.41. The van der Waals surface area contributed by atoms with E-state index in [1.807, 2.05) is 30.5 Å². The molecule has 1 aliphatic rings. The summed E-state index contributed by atoms with van der Waals surface area (Å²) >= 11 is 0. The number of ether oxygens (including phenoxy) is 2. The Labute approximate surface area is 207 Å². The molecule has 8 nitrogen and oxygen atoms in total. The Bertz CT molecular complexity index is 1520. The number of carbonyl (C=O) groups excluding carboxylic acids is 2. The largest absolute Gasteiger partial charge is 0.444 e. The lowest BCUT2D eigenvalue weighted by molar-refractivity contribution is -0.136. The minimum absolute atomic E-state index is 0.193. The average molecular weight is 489 g/mol. The molecule has 0 fully saturated rings. The van der Waals surface area contributed by atoms with Crippen molar-refractivity contribution < 1.29 is 23.5 Å². The van der Waals surface area contributed by atoms with Gasteiger partial charge in [0.15, 0.2) is 0 Å². The normalized spacial score (nSPS) is 14.0. The summed E-state index contributed by atoms with van der Waals surface area (Å²) in [4.78, 5) is 41.3. The van der Waals surface area contributed by atoms with Crippen LogP contribution in [-0.4, -0.2) is 28.7 Å². The Morgan fingerprint density at radius 3 is 2.67 bits per heavy atom. The highest BCUT2D eigenvalue weighted by molar-refractivity contribution is 5.88. The van der Waals surface area contributed by atoms with E-state index in [9.17, 15) is 14.4 Å². The molecule has 36 heavy (non-hydrogen) atoms. The molecule has 0 spiro atoms. The van der Waals surface area contributed by atoms with Crippen LogP contribution in [0.25, 0.3) is 21.9 Å². The van der Waals surface area contributed by atoms with Crippen LogP contribution in [0.1, 0.15) is 43.9 Å². The SMILES string of the molecule is CC(C)(C)OC(=O)NC(Cc1c[nH]c2ccccc12)C(=O)Oc1ccc2c3c(c(=O)oc2c1)CCC3. The van der Waals surface area contributed by atoms with Crippen LogP contribution in [0.3, 0.4) is 0 Å². The molecule has 2 N–H and O–H groups in total. The minimum Gasteiger partial charge on any atom is -0.444 e. The highest BCUT2D eigenvalue weighted by Crippen LogP contribution is 2.30. The first-order valence-electron chi connectivity index (χ1n) is 12.0. The molecule has 1 aliphatic carbocycles. The molecule has 1 amide bonds. The molecule has 1 unspecified atom stereocenters. The Morgan fingerprint density at radius 2 is 1.86 bits per heavy atom. The third-order valence-electron chi connectivity index (χ3n) is 6.24. The zero-order valence-electron chi connectivity index (χ0n) is 20.5. The molecule has 0 aliphatic heterocycles. The lowest BCUT2D eigenvalue weighted by Gasteiger charge is -2.23. The third-order valence-corrected chi connectivity index (χ3v) is 6.24. The molecule has 1 atom stereocenters. The first kappa shape index (κ1) is 23.7. The van der Waals surface area contributed by atoms with Crippen molar-refractivity contribution in [2.45, 2.75) is 58.1 Å². The number of H-pyrrole nitrogens is 1. The number of aromatic amines is 1. The minimum atomic E-state index is -1.01. The number of benzene rings is 2. The number of amides is 1. The quantitative estimate of drug-likeness (QED) is 0.237. The van der Waals surface area contributed by atoms with Crippen molar-refractivity contribution in [1.29, 1.82) is 0 Å². The van der Waals surface area contributed by atoms with E-state index in [1.165, 1.54) is 0 Å². The van der Waals surface area contributed by atoms with Gasteiger partial charge in [0.25, 0.3) is 0 Å². The topological polar surface area (TPSA) is 111 Å². The fourth-order valence-electron chi connectivity index (χ4n) is 4.68. The summed E-state index contributed by atoms with van der Waals surface area (Å²) in [5.74, 6) is -0.433. The van der Waals surface area contributed by atoms with Gasteiger partial charge in [-0.2, -0.15) is 0 Å². The van der Waals surface area contributed by atoms with E-state index in [0.29, 0.717) is 5.58 Å². The molecule has 2 aromatic heterocycles. The van der Waals surface area contributed by atoms with Gasteiger partial charge >= 0.3 is 17.7 Å². The number of esters is 1. The molecule has 0 saturated carbocycles. The molecule has 2 aromatic carbocycles. The molecular weight excluding hydrogens is 460 g/mol. The van der Waals surface area contributed by atoms with Gasteiger partial charge in [0, 0.05) is 40.5 Å². The maximum Gasteiger partial charge on any atom is 0.408 e. The zero-order chi connectivity index (χ0) is 25.4. The molecule has 5 rings (SSSR count). The number of alkyl carbamates (subject to hydrolysis) is 1. The standard InChI is InChI=1S/C28H28N2O6/c1-28(2,3)36-27(33)30-23(13-16-15-29-22-10-5-4-7-18(16)22)26(32)34-17-11-12-20-19-8-6-9-21(19)25(31)35-24(20)14-17/h4-5,7,10-12,14-15,23,29H,6,8-9,13H2,1-3H3,(H,30,33). The van der Waals surface area contributed by atoms with Gasteiger partial charge in [0.2, 0.25) is 0 Å². The van der Waals surface area contributed by atoms with Crippen molar-refractivity contribution in [2.24, 2.45) is 0 Å². The van der Waals surface area contributed by atoms with Crippen molar-refractivity contribution in [1.82, 2.24) is 10.3 Å². The van der Waals surface area contributed by atoms with Gasteiger partial charge in [-0.1, -0.05) is 18.2 Å². The van der Waals surface area contributed by atoms with Crippen molar-refractivity contribution in [3.05, 3.63) is 75.8 Å². The second-order valence-electron chi connectivity index (χ2n) is 10.0. The van der Waals surface area contributed by atoms with E-state index < -0.39 is 23.7 Å². The summed E-state index contributed by atoms with van der Waals surface area (Å²) in [6, 6.07) is 11.7. The Kier molecular flexibility index (Phi) is 6.04. The molecule has 2 heterocycles. The maximum absolute atomic E-state index is 13.3. The second kappa shape index (κ2) is 9.18. The molecule has 186 valence electrons.